The van der Waals surface area contributed by atoms with Crippen LogP contribution in [0.3, 0.4) is 0 Å². The van der Waals surface area contributed by atoms with Crippen LogP contribution in [-0.2, 0) is 19.5 Å². The lowest BCUT2D eigenvalue weighted by molar-refractivity contribution is 0.0667. The Morgan fingerprint density at radius 3 is 2.45 bits per heavy atom. The van der Waals surface area contributed by atoms with Crippen LogP contribution < -0.4 is 0 Å². The van der Waals surface area contributed by atoms with Gasteiger partial charge in [0.1, 0.15) is 0 Å². The lowest BCUT2D eigenvalue weighted by atomic mass is 10.1. The quantitative estimate of drug-likeness (QED) is 0.436. The largest absolute Gasteiger partial charge is 0.345 e. The Balaban J connectivity index is 1.82. The van der Waals surface area contributed by atoms with Gasteiger partial charge in [0.2, 0.25) is 0 Å². The van der Waals surface area contributed by atoms with E-state index in [4.69, 9.17) is 11.6 Å². The van der Waals surface area contributed by atoms with Gasteiger partial charge in [-0.05, 0) is 67.3 Å². The number of nitrogens with zero attached hydrogens (tertiary/aromatic N) is 2. The first-order valence-corrected chi connectivity index (χ1v) is 10.7. The van der Waals surface area contributed by atoms with Crippen molar-refractivity contribution in [2.24, 2.45) is 0 Å². The Bertz CT molecular complexity index is 945. The molecular formula is C25H29ClN2O. The molecule has 0 saturated carbocycles. The number of hydrogen-bond acceptors (Lipinski definition) is 1. The summed E-state index contributed by atoms with van der Waals surface area (Å²) in [7, 11) is 0. The van der Waals surface area contributed by atoms with E-state index in [0.29, 0.717) is 6.54 Å². The van der Waals surface area contributed by atoms with E-state index >= 15 is 0 Å². The lowest BCUT2D eigenvalue weighted by Crippen LogP contribution is -2.38. The third kappa shape index (κ3) is 5.30. The number of halogens is 1. The van der Waals surface area contributed by atoms with Crippen molar-refractivity contribution in [1.29, 1.82) is 0 Å². The Morgan fingerprint density at radius 2 is 1.79 bits per heavy atom. The van der Waals surface area contributed by atoms with Gasteiger partial charge in [0.25, 0.3) is 5.91 Å². The van der Waals surface area contributed by atoms with Gasteiger partial charge >= 0.3 is 0 Å². The molecule has 1 atom stereocenters. The molecule has 0 saturated heterocycles. The Morgan fingerprint density at radius 1 is 1.03 bits per heavy atom. The summed E-state index contributed by atoms with van der Waals surface area (Å²) in [5.41, 5.74) is 4.25. The molecule has 29 heavy (non-hydrogen) atoms. The Hall–Kier alpha value is -2.52. The number of benzene rings is 2. The van der Waals surface area contributed by atoms with Gasteiger partial charge in [0.05, 0.1) is 6.54 Å². The van der Waals surface area contributed by atoms with Gasteiger partial charge in [0.15, 0.2) is 0 Å². The molecule has 0 radical (unpaired) electrons. The van der Waals surface area contributed by atoms with Gasteiger partial charge in [-0.3, -0.25) is 4.79 Å². The molecule has 1 aromatic heterocycles. The van der Waals surface area contributed by atoms with Crippen LogP contribution in [0.2, 0.25) is 5.02 Å². The molecule has 4 heteroatoms. The molecule has 0 aliphatic heterocycles. The first-order chi connectivity index (χ1) is 14.0. The Kier molecular flexibility index (Phi) is 7.16. The summed E-state index contributed by atoms with van der Waals surface area (Å²) < 4.78 is 2.19. The van der Waals surface area contributed by atoms with E-state index < -0.39 is 0 Å². The molecule has 3 rings (SSSR count). The second kappa shape index (κ2) is 9.80. The minimum absolute atomic E-state index is 0.0810. The number of carbonyl (C=O) groups is 1. The van der Waals surface area contributed by atoms with Crippen molar-refractivity contribution in [2.75, 3.05) is 0 Å². The summed E-state index contributed by atoms with van der Waals surface area (Å²) in [5.74, 6) is 0.0810. The fourth-order valence-electron chi connectivity index (χ4n) is 3.45. The van der Waals surface area contributed by atoms with Crippen molar-refractivity contribution in [3.63, 3.8) is 0 Å². The second-order valence-corrected chi connectivity index (χ2v) is 7.93. The number of aryl methyl sites for hydroxylation is 1. The number of amides is 1. The van der Waals surface area contributed by atoms with E-state index in [2.05, 4.69) is 43.7 Å². The normalized spacial score (nSPS) is 12.0. The van der Waals surface area contributed by atoms with E-state index in [1.807, 2.05) is 53.4 Å². The maximum atomic E-state index is 13.3. The molecule has 0 N–H and O–H groups in total. The van der Waals surface area contributed by atoms with E-state index in [1.54, 1.807) is 0 Å². The third-order valence-electron chi connectivity index (χ3n) is 5.49. The minimum atomic E-state index is 0.0810. The molecule has 0 spiro atoms. The maximum Gasteiger partial charge on any atom is 0.254 e. The zero-order chi connectivity index (χ0) is 20.8. The summed E-state index contributed by atoms with van der Waals surface area (Å²) in [6.45, 7) is 7.67. The average molecular weight is 409 g/mol. The van der Waals surface area contributed by atoms with E-state index in [1.165, 1.54) is 5.56 Å². The Labute approximate surface area is 178 Å². The molecule has 0 unspecified atom stereocenters. The molecular weight excluding hydrogens is 380 g/mol. The van der Waals surface area contributed by atoms with Crippen LogP contribution >= 0.6 is 11.6 Å². The van der Waals surface area contributed by atoms with Gasteiger partial charge in [-0.2, -0.15) is 0 Å². The molecule has 0 bridgehead atoms. The predicted octanol–water partition coefficient (Wildman–Crippen LogP) is 6.19. The van der Waals surface area contributed by atoms with Gasteiger partial charge in [-0.15, -0.1) is 0 Å². The first kappa shape index (κ1) is 21.2. The SMILES string of the molecule is CCc1ccc(C(=O)N(Cc2cccn2Cc2cccc(Cl)c2)[C@@H](C)CC)cc1. The third-order valence-corrected chi connectivity index (χ3v) is 5.73. The van der Waals surface area contributed by atoms with Crippen LogP contribution in [0, 0.1) is 0 Å². The van der Waals surface area contributed by atoms with Crippen LogP contribution in [0.1, 0.15) is 54.4 Å². The van der Waals surface area contributed by atoms with E-state index in [9.17, 15) is 4.79 Å². The highest BCUT2D eigenvalue weighted by Crippen LogP contribution is 2.19. The fourth-order valence-corrected chi connectivity index (χ4v) is 3.66. The highest BCUT2D eigenvalue weighted by molar-refractivity contribution is 6.30. The monoisotopic (exact) mass is 408 g/mol. The molecule has 152 valence electrons. The van der Waals surface area contributed by atoms with Crippen molar-refractivity contribution in [2.45, 2.75) is 52.7 Å². The standard InChI is InChI=1S/C25H29ClN2O/c1-4-19(3)28(25(29)22-13-11-20(5-2)12-14-22)18-24-10-7-15-27(24)17-21-8-6-9-23(26)16-21/h6-16,19H,4-5,17-18H2,1-3H3/t19-/m0/s1. The van der Waals surface area contributed by atoms with Crippen LogP contribution in [0.4, 0.5) is 0 Å². The number of rotatable bonds is 8. The van der Waals surface area contributed by atoms with Crippen LogP contribution in [-0.4, -0.2) is 21.4 Å². The molecule has 2 aromatic carbocycles. The predicted molar refractivity (Wildman–Crippen MR) is 120 cm³/mol. The van der Waals surface area contributed by atoms with Gasteiger partial charge in [-0.1, -0.05) is 49.7 Å². The second-order valence-electron chi connectivity index (χ2n) is 7.50. The fraction of sp³-hybridized carbons (Fsp3) is 0.320. The topological polar surface area (TPSA) is 25.2 Å². The maximum absolute atomic E-state index is 13.3. The summed E-state index contributed by atoms with van der Waals surface area (Å²) >= 11 is 6.14. The minimum Gasteiger partial charge on any atom is -0.345 e. The van der Waals surface area contributed by atoms with Crippen LogP contribution in [0.5, 0.6) is 0 Å². The summed E-state index contributed by atoms with van der Waals surface area (Å²) in [4.78, 5) is 15.3. The summed E-state index contributed by atoms with van der Waals surface area (Å²) in [5, 5.41) is 0.739. The van der Waals surface area contributed by atoms with Gasteiger partial charge in [0, 0.05) is 35.1 Å². The highest BCUT2D eigenvalue weighted by atomic mass is 35.5. The highest BCUT2D eigenvalue weighted by Gasteiger charge is 2.22. The van der Waals surface area contributed by atoms with Crippen molar-refractivity contribution >= 4 is 17.5 Å². The summed E-state index contributed by atoms with van der Waals surface area (Å²) in [6, 6.07) is 20.2. The van der Waals surface area contributed by atoms with Crippen LogP contribution in [0.25, 0.3) is 0 Å². The molecule has 0 aliphatic rings. The first-order valence-electron chi connectivity index (χ1n) is 10.3. The lowest BCUT2D eigenvalue weighted by Gasteiger charge is -2.29. The van der Waals surface area contributed by atoms with E-state index in [0.717, 1.165) is 41.2 Å². The zero-order valence-electron chi connectivity index (χ0n) is 17.4. The number of hydrogen-bond donors (Lipinski definition) is 0. The van der Waals surface area contributed by atoms with E-state index in [-0.39, 0.29) is 11.9 Å². The van der Waals surface area contributed by atoms with Crippen molar-refractivity contribution in [1.82, 2.24) is 9.47 Å². The number of carbonyl (C=O) groups excluding carboxylic acids is 1. The average Bonchev–Trinajstić information content (AvgIpc) is 3.17. The molecule has 1 heterocycles. The smallest absolute Gasteiger partial charge is 0.254 e. The molecule has 1 amide bonds. The molecule has 0 aliphatic carbocycles. The van der Waals surface area contributed by atoms with Crippen molar-refractivity contribution in [3.8, 4) is 0 Å². The summed E-state index contributed by atoms with van der Waals surface area (Å²) in [6.07, 6.45) is 3.94. The van der Waals surface area contributed by atoms with Gasteiger partial charge in [-0.25, -0.2) is 0 Å². The molecule has 0 fully saturated rings. The van der Waals surface area contributed by atoms with Crippen molar-refractivity contribution < 1.29 is 4.79 Å². The van der Waals surface area contributed by atoms with Gasteiger partial charge < -0.3 is 9.47 Å². The number of aromatic nitrogens is 1. The van der Waals surface area contributed by atoms with Crippen LogP contribution in [0.15, 0.2) is 66.9 Å². The molecule has 3 nitrogen and oxygen atoms in total. The molecule has 3 aromatic rings. The zero-order valence-corrected chi connectivity index (χ0v) is 18.2. The van der Waals surface area contributed by atoms with Crippen molar-refractivity contribution in [3.05, 3.63) is 94.3 Å².